The van der Waals surface area contributed by atoms with Gasteiger partial charge in [0, 0.05) is 19.5 Å². The van der Waals surface area contributed by atoms with E-state index in [1.54, 1.807) is 17.0 Å². The summed E-state index contributed by atoms with van der Waals surface area (Å²) in [5, 5.41) is 2.83. The Labute approximate surface area is 153 Å². The van der Waals surface area contributed by atoms with E-state index in [0.29, 0.717) is 19.5 Å². The van der Waals surface area contributed by atoms with Crippen LogP contribution in [0.1, 0.15) is 30.0 Å². The van der Waals surface area contributed by atoms with Gasteiger partial charge in [0.1, 0.15) is 6.04 Å². The highest BCUT2D eigenvalue weighted by molar-refractivity contribution is 5.95. The van der Waals surface area contributed by atoms with E-state index in [-0.39, 0.29) is 23.9 Å². The smallest absolute Gasteiger partial charge is 0.287 e. The van der Waals surface area contributed by atoms with Gasteiger partial charge in [0.15, 0.2) is 5.76 Å². The van der Waals surface area contributed by atoms with Gasteiger partial charge in [0.05, 0.1) is 18.5 Å². The summed E-state index contributed by atoms with van der Waals surface area (Å²) in [6.45, 7) is 4.93. The highest BCUT2D eigenvalue weighted by atomic mass is 16.5. The Balaban J connectivity index is 1.77. The molecule has 3 atom stereocenters. The summed E-state index contributed by atoms with van der Waals surface area (Å²) in [6, 6.07) is 12.2. The standard InChI is InChI=1S/C20H24N2O4/c1-14-12-22(13-15(2)26-14)20(24)17(11-16-7-4-3-5-8-16)21-19(23)18-9-6-10-25-18/h3-10,14-15,17H,11-13H2,1-2H3,(H,21,23). The van der Waals surface area contributed by atoms with Gasteiger partial charge in [-0.15, -0.1) is 0 Å². The van der Waals surface area contributed by atoms with E-state index in [0.717, 1.165) is 5.56 Å². The Hall–Kier alpha value is -2.60. The van der Waals surface area contributed by atoms with Gasteiger partial charge >= 0.3 is 0 Å². The number of rotatable bonds is 5. The number of ether oxygens (including phenoxy) is 1. The average molecular weight is 356 g/mol. The van der Waals surface area contributed by atoms with E-state index >= 15 is 0 Å². The first-order chi connectivity index (χ1) is 12.5. The highest BCUT2D eigenvalue weighted by Gasteiger charge is 2.32. The molecule has 1 aliphatic rings. The summed E-state index contributed by atoms with van der Waals surface area (Å²) >= 11 is 0. The third-order valence-corrected chi connectivity index (χ3v) is 4.36. The van der Waals surface area contributed by atoms with Crippen molar-refractivity contribution < 1.29 is 18.7 Å². The maximum Gasteiger partial charge on any atom is 0.287 e. The summed E-state index contributed by atoms with van der Waals surface area (Å²) in [5.41, 5.74) is 0.986. The third-order valence-electron chi connectivity index (χ3n) is 4.36. The first-order valence-corrected chi connectivity index (χ1v) is 8.85. The molecule has 1 aromatic carbocycles. The lowest BCUT2D eigenvalue weighted by atomic mass is 10.0. The molecule has 3 rings (SSSR count). The second kappa shape index (κ2) is 8.19. The zero-order valence-corrected chi connectivity index (χ0v) is 15.1. The average Bonchev–Trinajstić information content (AvgIpc) is 3.15. The Bertz CT molecular complexity index is 720. The molecule has 1 saturated heterocycles. The number of carbonyl (C=O) groups excluding carboxylic acids is 2. The number of furan rings is 1. The van der Waals surface area contributed by atoms with Crippen LogP contribution in [0, 0.1) is 0 Å². The minimum absolute atomic E-state index is 0.0270. The summed E-state index contributed by atoms with van der Waals surface area (Å²) in [7, 11) is 0. The molecule has 1 aromatic heterocycles. The van der Waals surface area contributed by atoms with Crippen LogP contribution in [0.5, 0.6) is 0 Å². The second-order valence-electron chi connectivity index (χ2n) is 6.69. The fourth-order valence-electron chi connectivity index (χ4n) is 3.27. The minimum atomic E-state index is -0.660. The number of carbonyl (C=O) groups is 2. The summed E-state index contributed by atoms with van der Waals surface area (Å²) in [4.78, 5) is 27.3. The number of nitrogens with one attached hydrogen (secondary N) is 1. The molecule has 0 aliphatic carbocycles. The molecule has 1 fully saturated rings. The maximum absolute atomic E-state index is 13.1. The van der Waals surface area contributed by atoms with Crippen LogP contribution in [-0.2, 0) is 16.0 Å². The normalized spacial score (nSPS) is 21.2. The van der Waals surface area contributed by atoms with Crippen LogP contribution < -0.4 is 5.32 Å². The van der Waals surface area contributed by atoms with Crippen molar-refractivity contribution in [3.05, 3.63) is 60.1 Å². The van der Waals surface area contributed by atoms with Gasteiger partial charge in [-0.3, -0.25) is 9.59 Å². The van der Waals surface area contributed by atoms with Gasteiger partial charge in [-0.2, -0.15) is 0 Å². The molecular weight excluding hydrogens is 332 g/mol. The molecule has 26 heavy (non-hydrogen) atoms. The predicted octanol–water partition coefficient (Wildman–Crippen LogP) is 2.26. The fourth-order valence-corrected chi connectivity index (χ4v) is 3.27. The van der Waals surface area contributed by atoms with Gasteiger partial charge in [-0.05, 0) is 31.5 Å². The molecular formula is C20H24N2O4. The van der Waals surface area contributed by atoms with Gasteiger partial charge in [-0.1, -0.05) is 30.3 Å². The second-order valence-corrected chi connectivity index (χ2v) is 6.69. The lowest BCUT2D eigenvalue weighted by Crippen LogP contribution is -2.55. The third kappa shape index (κ3) is 4.52. The fraction of sp³-hybridized carbons (Fsp3) is 0.400. The number of hydrogen-bond donors (Lipinski definition) is 1. The van der Waals surface area contributed by atoms with Crippen LogP contribution in [0.3, 0.4) is 0 Å². The van der Waals surface area contributed by atoms with Gasteiger partial charge < -0.3 is 19.4 Å². The van der Waals surface area contributed by atoms with E-state index in [9.17, 15) is 9.59 Å². The molecule has 0 spiro atoms. The topological polar surface area (TPSA) is 71.8 Å². The van der Waals surface area contributed by atoms with Crippen molar-refractivity contribution >= 4 is 11.8 Å². The molecule has 2 amide bonds. The maximum atomic E-state index is 13.1. The number of amides is 2. The summed E-state index contributed by atoms with van der Waals surface area (Å²) in [5.74, 6) is -0.297. The molecule has 1 aliphatic heterocycles. The summed E-state index contributed by atoms with van der Waals surface area (Å²) < 4.78 is 10.9. The van der Waals surface area contributed by atoms with Gasteiger partial charge in [0.2, 0.25) is 5.91 Å². The predicted molar refractivity (Wildman–Crippen MR) is 96.7 cm³/mol. The molecule has 0 radical (unpaired) electrons. The first kappa shape index (κ1) is 18.2. The van der Waals surface area contributed by atoms with Crippen LogP contribution in [0.2, 0.25) is 0 Å². The Kier molecular flexibility index (Phi) is 5.73. The minimum Gasteiger partial charge on any atom is -0.459 e. The van der Waals surface area contributed by atoms with Crippen molar-refractivity contribution in [3.8, 4) is 0 Å². The van der Waals surface area contributed by atoms with E-state index < -0.39 is 11.9 Å². The van der Waals surface area contributed by atoms with E-state index in [1.165, 1.54) is 6.26 Å². The van der Waals surface area contributed by atoms with Crippen LogP contribution in [0.25, 0.3) is 0 Å². The van der Waals surface area contributed by atoms with E-state index in [1.807, 2.05) is 44.2 Å². The van der Waals surface area contributed by atoms with Crippen molar-refractivity contribution in [2.24, 2.45) is 0 Å². The van der Waals surface area contributed by atoms with Gasteiger partial charge in [-0.25, -0.2) is 0 Å². The lowest BCUT2D eigenvalue weighted by Gasteiger charge is -2.37. The molecule has 0 saturated carbocycles. The molecule has 6 heteroatoms. The van der Waals surface area contributed by atoms with Crippen molar-refractivity contribution in [1.29, 1.82) is 0 Å². The van der Waals surface area contributed by atoms with Crippen LogP contribution in [0.15, 0.2) is 53.1 Å². The number of benzene rings is 1. The van der Waals surface area contributed by atoms with Crippen LogP contribution >= 0.6 is 0 Å². The Morgan fingerprint density at radius 1 is 1.12 bits per heavy atom. The highest BCUT2D eigenvalue weighted by Crippen LogP contribution is 2.14. The number of hydrogen-bond acceptors (Lipinski definition) is 4. The SMILES string of the molecule is CC1CN(C(=O)C(Cc2ccccc2)NC(=O)c2ccco2)CC(C)O1. The molecule has 6 nitrogen and oxygen atoms in total. The van der Waals surface area contributed by atoms with E-state index in [2.05, 4.69) is 5.32 Å². The van der Waals surface area contributed by atoms with Crippen molar-refractivity contribution in [3.63, 3.8) is 0 Å². The van der Waals surface area contributed by atoms with Crippen molar-refractivity contribution in [1.82, 2.24) is 10.2 Å². The molecule has 0 bridgehead atoms. The quantitative estimate of drug-likeness (QED) is 0.892. The van der Waals surface area contributed by atoms with Gasteiger partial charge in [0.25, 0.3) is 5.91 Å². The van der Waals surface area contributed by atoms with Crippen LogP contribution in [0.4, 0.5) is 0 Å². The molecule has 138 valence electrons. The number of morpholine rings is 1. The molecule has 1 N–H and O–H groups in total. The summed E-state index contributed by atoms with van der Waals surface area (Å²) in [6.07, 6.45) is 1.81. The Morgan fingerprint density at radius 2 is 1.81 bits per heavy atom. The largest absolute Gasteiger partial charge is 0.459 e. The number of nitrogens with zero attached hydrogens (tertiary/aromatic N) is 1. The molecule has 2 heterocycles. The molecule has 3 unspecified atom stereocenters. The van der Waals surface area contributed by atoms with Crippen molar-refractivity contribution in [2.45, 2.75) is 38.5 Å². The zero-order valence-electron chi connectivity index (χ0n) is 15.1. The van der Waals surface area contributed by atoms with E-state index in [4.69, 9.17) is 9.15 Å². The zero-order chi connectivity index (χ0) is 18.5. The van der Waals surface area contributed by atoms with Crippen LogP contribution in [-0.4, -0.2) is 48.1 Å². The monoisotopic (exact) mass is 356 g/mol. The molecule has 2 aromatic rings. The first-order valence-electron chi connectivity index (χ1n) is 8.85. The Morgan fingerprint density at radius 3 is 2.42 bits per heavy atom. The van der Waals surface area contributed by atoms with Crippen molar-refractivity contribution in [2.75, 3.05) is 13.1 Å². The lowest BCUT2D eigenvalue weighted by molar-refractivity contribution is -0.145.